The first kappa shape index (κ1) is 15.2. The first-order valence-electron chi connectivity index (χ1n) is 5.10. The molecule has 0 bridgehead atoms. The van der Waals surface area contributed by atoms with Gasteiger partial charge < -0.3 is 15.2 Å². The van der Waals surface area contributed by atoms with Crippen LogP contribution in [0.3, 0.4) is 0 Å². The normalized spacial score (nSPS) is 11.3. The Hall–Kier alpha value is -1.90. The van der Waals surface area contributed by atoms with E-state index in [4.69, 9.17) is 5.73 Å². The summed E-state index contributed by atoms with van der Waals surface area (Å²) < 4.78 is 58.0. The summed E-state index contributed by atoms with van der Waals surface area (Å²) in [5, 5.41) is 0. The number of nitrogens with zero attached hydrogens (tertiary/aromatic N) is 1. The molecule has 0 unspecified atom stereocenters. The molecular weight excluding hydrogens is 272 g/mol. The third-order valence-electron chi connectivity index (χ3n) is 2.00. The first-order valence-corrected chi connectivity index (χ1v) is 5.10. The summed E-state index contributed by atoms with van der Waals surface area (Å²) >= 11 is 0. The molecule has 0 spiro atoms. The highest BCUT2D eigenvalue weighted by atomic mass is 19.4. The highest BCUT2D eigenvalue weighted by Gasteiger charge is 2.35. The standard InChI is InChI=1S/C10H10F4N2O3/c1-2-18-9(17)7-5(3-15)8(11)16-4-6(7)19-10(12,13)14/h4H,2-3,15H2,1H3. The lowest BCUT2D eigenvalue weighted by Gasteiger charge is -2.14. The van der Waals surface area contributed by atoms with Gasteiger partial charge in [0.25, 0.3) is 0 Å². The van der Waals surface area contributed by atoms with Gasteiger partial charge in [0, 0.05) is 12.1 Å². The average Bonchev–Trinajstić information content (AvgIpc) is 2.29. The fourth-order valence-corrected chi connectivity index (χ4v) is 1.33. The van der Waals surface area contributed by atoms with E-state index in [0.29, 0.717) is 6.20 Å². The molecule has 2 N–H and O–H groups in total. The second-order valence-corrected chi connectivity index (χ2v) is 3.24. The Balaban J connectivity index is 3.34. The van der Waals surface area contributed by atoms with Crippen LogP contribution in [-0.2, 0) is 11.3 Å². The minimum atomic E-state index is -5.05. The largest absolute Gasteiger partial charge is 0.573 e. The van der Waals surface area contributed by atoms with Crippen LogP contribution >= 0.6 is 0 Å². The van der Waals surface area contributed by atoms with Crippen LogP contribution in [0.2, 0.25) is 0 Å². The van der Waals surface area contributed by atoms with Gasteiger partial charge in [-0.1, -0.05) is 0 Å². The van der Waals surface area contributed by atoms with Crippen molar-refractivity contribution in [3.63, 3.8) is 0 Å². The van der Waals surface area contributed by atoms with Gasteiger partial charge in [0.1, 0.15) is 5.56 Å². The number of alkyl halides is 3. The van der Waals surface area contributed by atoms with Gasteiger partial charge in [-0.15, -0.1) is 13.2 Å². The fourth-order valence-electron chi connectivity index (χ4n) is 1.33. The molecule has 0 saturated heterocycles. The van der Waals surface area contributed by atoms with Crippen molar-refractivity contribution < 1.29 is 31.8 Å². The number of aromatic nitrogens is 1. The van der Waals surface area contributed by atoms with Gasteiger partial charge in [0.15, 0.2) is 5.75 Å². The summed E-state index contributed by atoms with van der Waals surface area (Å²) in [7, 11) is 0. The van der Waals surface area contributed by atoms with Crippen LogP contribution in [0.4, 0.5) is 17.6 Å². The van der Waals surface area contributed by atoms with Crippen molar-refractivity contribution in [2.75, 3.05) is 6.61 Å². The van der Waals surface area contributed by atoms with Gasteiger partial charge in [-0.2, -0.15) is 4.39 Å². The van der Waals surface area contributed by atoms with E-state index in [9.17, 15) is 22.4 Å². The zero-order chi connectivity index (χ0) is 14.6. The monoisotopic (exact) mass is 282 g/mol. The number of nitrogens with two attached hydrogens (primary N) is 1. The Kier molecular flexibility index (Phi) is 4.65. The number of rotatable bonds is 4. The average molecular weight is 282 g/mol. The third-order valence-corrected chi connectivity index (χ3v) is 2.00. The predicted molar refractivity (Wildman–Crippen MR) is 54.7 cm³/mol. The number of carbonyl (C=O) groups excluding carboxylic acids is 1. The number of hydrogen-bond acceptors (Lipinski definition) is 5. The summed E-state index contributed by atoms with van der Waals surface area (Å²) in [5.41, 5.74) is 3.98. The van der Waals surface area contributed by atoms with Crippen molar-refractivity contribution in [3.05, 3.63) is 23.3 Å². The number of carbonyl (C=O) groups is 1. The topological polar surface area (TPSA) is 74.4 Å². The van der Waals surface area contributed by atoms with E-state index >= 15 is 0 Å². The molecule has 1 aromatic heterocycles. The number of hydrogen-bond donors (Lipinski definition) is 1. The minimum Gasteiger partial charge on any atom is -0.462 e. The van der Waals surface area contributed by atoms with Crippen LogP contribution in [0, 0.1) is 5.95 Å². The van der Waals surface area contributed by atoms with E-state index in [0.717, 1.165) is 0 Å². The van der Waals surface area contributed by atoms with E-state index in [1.807, 2.05) is 0 Å². The third kappa shape index (κ3) is 3.78. The highest BCUT2D eigenvalue weighted by Crippen LogP contribution is 2.29. The fraction of sp³-hybridized carbons (Fsp3) is 0.400. The van der Waals surface area contributed by atoms with Crippen molar-refractivity contribution in [2.24, 2.45) is 5.73 Å². The first-order chi connectivity index (χ1) is 8.80. The Morgan fingerprint density at radius 2 is 2.11 bits per heavy atom. The van der Waals surface area contributed by atoms with Crippen molar-refractivity contribution in [2.45, 2.75) is 19.8 Å². The molecule has 0 aromatic carbocycles. The Morgan fingerprint density at radius 3 is 2.58 bits per heavy atom. The minimum absolute atomic E-state index is 0.0990. The maximum absolute atomic E-state index is 13.3. The molecule has 0 aliphatic heterocycles. The van der Waals surface area contributed by atoms with E-state index in [-0.39, 0.29) is 6.61 Å². The second kappa shape index (κ2) is 5.83. The van der Waals surface area contributed by atoms with Crippen molar-refractivity contribution in [1.82, 2.24) is 4.98 Å². The molecule has 19 heavy (non-hydrogen) atoms. The highest BCUT2D eigenvalue weighted by molar-refractivity contribution is 5.94. The van der Waals surface area contributed by atoms with Gasteiger partial charge in [-0.3, -0.25) is 0 Å². The molecule has 106 valence electrons. The summed E-state index contributed by atoms with van der Waals surface area (Å²) in [6.07, 6.45) is -4.60. The molecule has 5 nitrogen and oxygen atoms in total. The van der Waals surface area contributed by atoms with Crippen LogP contribution in [0.5, 0.6) is 5.75 Å². The Bertz CT molecular complexity index is 477. The number of pyridine rings is 1. The van der Waals surface area contributed by atoms with E-state index < -0.39 is 41.7 Å². The van der Waals surface area contributed by atoms with Crippen molar-refractivity contribution >= 4 is 5.97 Å². The van der Waals surface area contributed by atoms with Crippen molar-refractivity contribution in [3.8, 4) is 5.75 Å². The zero-order valence-electron chi connectivity index (χ0n) is 9.75. The van der Waals surface area contributed by atoms with E-state index in [1.54, 1.807) is 0 Å². The van der Waals surface area contributed by atoms with Gasteiger partial charge >= 0.3 is 12.3 Å². The summed E-state index contributed by atoms with van der Waals surface area (Å²) in [5.74, 6) is -3.27. The van der Waals surface area contributed by atoms with Gasteiger partial charge in [-0.05, 0) is 6.92 Å². The second-order valence-electron chi connectivity index (χ2n) is 3.24. The maximum atomic E-state index is 13.3. The lowest BCUT2D eigenvalue weighted by molar-refractivity contribution is -0.274. The quantitative estimate of drug-likeness (QED) is 0.517. The number of ether oxygens (including phenoxy) is 2. The smallest absolute Gasteiger partial charge is 0.462 e. The SMILES string of the molecule is CCOC(=O)c1c(OC(F)(F)F)cnc(F)c1CN. The number of esters is 1. The molecule has 0 saturated carbocycles. The summed E-state index contributed by atoms with van der Waals surface area (Å²) in [4.78, 5) is 14.6. The van der Waals surface area contributed by atoms with Crippen LogP contribution in [0.1, 0.15) is 22.8 Å². The molecule has 0 atom stereocenters. The molecule has 0 aliphatic carbocycles. The molecule has 1 heterocycles. The van der Waals surface area contributed by atoms with Crippen molar-refractivity contribution in [1.29, 1.82) is 0 Å². The Labute approximate surface area is 105 Å². The number of halogens is 4. The lowest BCUT2D eigenvalue weighted by atomic mass is 10.1. The van der Waals surface area contributed by atoms with Crippen LogP contribution in [0.25, 0.3) is 0 Å². The Morgan fingerprint density at radius 1 is 1.47 bits per heavy atom. The van der Waals surface area contributed by atoms with Crippen LogP contribution in [0.15, 0.2) is 6.20 Å². The molecule has 9 heteroatoms. The van der Waals surface area contributed by atoms with E-state index in [1.165, 1.54) is 6.92 Å². The molecular formula is C10H10F4N2O3. The summed E-state index contributed by atoms with van der Waals surface area (Å²) in [6.45, 7) is 0.822. The molecule has 1 rings (SSSR count). The maximum Gasteiger partial charge on any atom is 0.573 e. The molecule has 0 fully saturated rings. The summed E-state index contributed by atoms with van der Waals surface area (Å²) in [6, 6.07) is 0. The van der Waals surface area contributed by atoms with Gasteiger partial charge in [-0.25, -0.2) is 9.78 Å². The lowest BCUT2D eigenvalue weighted by Crippen LogP contribution is -2.22. The molecule has 0 aliphatic rings. The van der Waals surface area contributed by atoms with Gasteiger partial charge in [0.05, 0.1) is 12.8 Å². The molecule has 0 radical (unpaired) electrons. The zero-order valence-corrected chi connectivity index (χ0v) is 9.75. The van der Waals surface area contributed by atoms with Crippen LogP contribution < -0.4 is 10.5 Å². The molecule has 0 amide bonds. The molecule has 1 aromatic rings. The predicted octanol–water partition coefficient (Wildman–Crippen LogP) is 1.75. The van der Waals surface area contributed by atoms with Crippen LogP contribution in [-0.4, -0.2) is 23.9 Å². The van der Waals surface area contributed by atoms with E-state index in [2.05, 4.69) is 14.5 Å². The van der Waals surface area contributed by atoms with Gasteiger partial charge in [0.2, 0.25) is 5.95 Å².